The number of nitrogens with one attached hydrogen (secondary N) is 1. The maximum absolute atomic E-state index is 12.2. The highest BCUT2D eigenvalue weighted by Crippen LogP contribution is 2.38. The van der Waals surface area contributed by atoms with E-state index in [0.717, 1.165) is 12.8 Å². The first-order valence-electron chi connectivity index (χ1n) is 7.18. The fraction of sp³-hybridized carbons (Fsp3) is 0.667. The standard InChI is InChI=1S/C15H24N2OS.ClH/c1-12(13-6-5-9-19-13)17-14(18)10-15(11-16)7-3-2-4-8-15;/h5-6,9,12H,2-4,7-8,10-11,16H2,1H3,(H,17,18);1H. The van der Waals surface area contributed by atoms with Gasteiger partial charge < -0.3 is 11.1 Å². The van der Waals surface area contributed by atoms with Crippen LogP contribution in [0.3, 0.4) is 0 Å². The molecule has 1 aromatic rings. The molecular formula is C15H25ClN2OS. The Kier molecular flexibility index (Phi) is 7.00. The van der Waals surface area contributed by atoms with Gasteiger partial charge in [-0.25, -0.2) is 0 Å². The summed E-state index contributed by atoms with van der Waals surface area (Å²) in [4.78, 5) is 13.4. The molecule has 0 aromatic carbocycles. The van der Waals surface area contributed by atoms with Crippen LogP contribution in [0.5, 0.6) is 0 Å². The largest absolute Gasteiger partial charge is 0.349 e. The Bertz CT molecular complexity index is 402. The molecule has 1 aliphatic carbocycles. The predicted octanol–water partition coefficient (Wildman–Crippen LogP) is 3.65. The lowest BCUT2D eigenvalue weighted by Crippen LogP contribution is -2.39. The first-order chi connectivity index (χ1) is 9.15. The van der Waals surface area contributed by atoms with Crippen LogP contribution >= 0.6 is 23.7 Å². The minimum atomic E-state index is 0. The van der Waals surface area contributed by atoms with Gasteiger partial charge in [0.25, 0.3) is 0 Å². The minimum absolute atomic E-state index is 0. The lowest BCUT2D eigenvalue weighted by Gasteiger charge is -2.35. The van der Waals surface area contributed by atoms with Crippen LogP contribution in [0.15, 0.2) is 17.5 Å². The maximum Gasteiger partial charge on any atom is 0.221 e. The van der Waals surface area contributed by atoms with Gasteiger partial charge in [-0.15, -0.1) is 23.7 Å². The zero-order valence-electron chi connectivity index (χ0n) is 12.1. The molecule has 1 atom stereocenters. The van der Waals surface area contributed by atoms with Crippen molar-refractivity contribution in [3.63, 3.8) is 0 Å². The van der Waals surface area contributed by atoms with Crippen LogP contribution in [0, 0.1) is 5.41 Å². The van der Waals surface area contributed by atoms with E-state index >= 15 is 0 Å². The van der Waals surface area contributed by atoms with Gasteiger partial charge in [-0.3, -0.25) is 4.79 Å². The summed E-state index contributed by atoms with van der Waals surface area (Å²) < 4.78 is 0. The van der Waals surface area contributed by atoms with E-state index in [2.05, 4.69) is 11.4 Å². The summed E-state index contributed by atoms with van der Waals surface area (Å²) in [5.74, 6) is 0.147. The highest BCUT2D eigenvalue weighted by atomic mass is 35.5. The van der Waals surface area contributed by atoms with E-state index in [4.69, 9.17) is 5.73 Å². The van der Waals surface area contributed by atoms with E-state index in [1.165, 1.54) is 24.1 Å². The van der Waals surface area contributed by atoms with Crippen molar-refractivity contribution in [1.29, 1.82) is 0 Å². The minimum Gasteiger partial charge on any atom is -0.349 e. The first kappa shape index (κ1) is 17.5. The van der Waals surface area contributed by atoms with E-state index in [9.17, 15) is 4.79 Å². The van der Waals surface area contributed by atoms with Crippen molar-refractivity contribution in [3.8, 4) is 0 Å². The molecule has 3 nitrogen and oxygen atoms in total. The van der Waals surface area contributed by atoms with E-state index in [1.54, 1.807) is 11.3 Å². The van der Waals surface area contributed by atoms with E-state index in [-0.39, 0.29) is 29.8 Å². The smallest absolute Gasteiger partial charge is 0.221 e. The van der Waals surface area contributed by atoms with Gasteiger partial charge in [0.15, 0.2) is 0 Å². The summed E-state index contributed by atoms with van der Waals surface area (Å²) in [5.41, 5.74) is 5.99. The summed E-state index contributed by atoms with van der Waals surface area (Å²) in [6.45, 7) is 2.67. The quantitative estimate of drug-likeness (QED) is 0.871. The van der Waals surface area contributed by atoms with Crippen molar-refractivity contribution in [2.75, 3.05) is 6.54 Å². The average molecular weight is 317 g/mol. The number of carbonyl (C=O) groups is 1. The summed E-state index contributed by atoms with van der Waals surface area (Å²) in [6, 6.07) is 4.19. The Morgan fingerprint density at radius 1 is 1.45 bits per heavy atom. The normalized spacial score (nSPS) is 18.9. The highest BCUT2D eigenvalue weighted by molar-refractivity contribution is 7.10. The number of hydrogen-bond acceptors (Lipinski definition) is 3. The molecule has 0 saturated heterocycles. The highest BCUT2D eigenvalue weighted by Gasteiger charge is 2.33. The Morgan fingerprint density at radius 2 is 2.15 bits per heavy atom. The zero-order chi connectivity index (χ0) is 13.7. The van der Waals surface area contributed by atoms with Gasteiger partial charge in [0.05, 0.1) is 6.04 Å². The molecule has 0 aliphatic heterocycles. The molecule has 2 rings (SSSR count). The van der Waals surface area contributed by atoms with Crippen LogP contribution < -0.4 is 11.1 Å². The molecule has 1 aromatic heterocycles. The first-order valence-corrected chi connectivity index (χ1v) is 8.06. The van der Waals surface area contributed by atoms with Crippen molar-refractivity contribution < 1.29 is 4.79 Å². The number of hydrogen-bond donors (Lipinski definition) is 2. The Morgan fingerprint density at radius 3 is 2.70 bits per heavy atom. The second kappa shape index (κ2) is 8.01. The summed E-state index contributed by atoms with van der Waals surface area (Å²) >= 11 is 1.68. The fourth-order valence-corrected chi connectivity index (χ4v) is 3.73. The summed E-state index contributed by atoms with van der Waals surface area (Å²) in [5, 5.41) is 5.15. The van der Waals surface area contributed by atoms with Crippen molar-refractivity contribution in [2.45, 2.75) is 51.5 Å². The third-order valence-corrected chi connectivity index (χ3v) is 5.29. The molecule has 0 spiro atoms. The monoisotopic (exact) mass is 316 g/mol. The van der Waals surface area contributed by atoms with Crippen molar-refractivity contribution in [1.82, 2.24) is 5.32 Å². The number of thiophene rings is 1. The summed E-state index contributed by atoms with van der Waals surface area (Å²) in [7, 11) is 0. The van der Waals surface area contributed by atoms with Gasteiger partial charge in [-0.1, -0.05) is 25.3 Å². The van der Waals surface area contributed by atoms with E-state index in [1.807, 2.05) is 18.4 Å². The van der Waals surface area contributed by atoms with Gasteiger partial charge in [-0.05, 0) is 43.2 Å². The van der Waals surface area contributed by atoms with E-state index < -0.39 is 0 Å². The molecule has 1 fully saturated rings. The number of carbonyl (C=O) groups excluding carboxylic acids is 1. The fourth-order valence-electron chi connectivity index (χ4n) is 3.00. The van der Waals surface area contributed by atoms with Crippen molar-refractivity contribution in [2.24, 2.45) is 11.1 Å². The van der Waals surface area contributed by atoms with Crippen LogP contribution in [0.2, 0.25) is 0 Å². The number of rotatable bonds is 5. The number of halogens is 1. The zero-order valence-corrected chi connectivity index (χ0v) is 13.7. The van der Waals surface area contributed by atoms with Gasteiger partial charge in [0.2, 0.25) is 5.91 Å². The van der Waals surface area contributed by atoms with Crippen LogP contribution in [-0.2, 0) is 4.79 Å². The molecule has 1 saturated carbocycles. The molecule has 3 N–H and O–H groups in total. The lowest BCUT2D eigenvalue weighted by atomic mass is 9.71. The molecular weight excluding hydrogens is 292 g/mol. The Hall–Kier alpha value is -0.580. The molecule has 0 bridgehead atoms. The van der Waals surface area contributed by atoms with E-state index in [0.29, 0.717) is 13.0 Å². The maximum atomic E-state index is 12.2. The lowest BCUT2D eigenvalue weighted by molar-refractivity contribution is -0.124. The van der Waals surface area contributed by atoms with Crippen LogP contribution in [0.4, 0.5) is 0 Å². The topological polar surface area (TPSA) is 55.1 Å². The van der Waals surface area contributed by atoms with Gasteiger partial charge in [-0.2, -0.15) is 0 Å². The van der Waals surface area contributed by atoms with Crippen LogP contribution in [0.25, 0.3) is 0 Å². The van der Waals surface area contributed by atoms with Crippen molar-refractivity contribution in [3.05, 3.63) is 22.4 Å². The average Bonchev–Trinajstić information content (AvgIpc) is 2.93. The SMILES string of the molecule is CC(NC(=O)CC1(CN)CCCCC1)c1cccs1.Cl. The Labute approximate surface area is 131 Å². The molecule has 0 radical (unpaired) electrons. The molecule has 1 amide bonds. The second-order valence-corrected chi connectivity index (χ2v) is 6.73. The predicted molar refractivity (Wildman–Crippen MR) is 87.3 cm³/mol. The molecule has 1 heterocycles. The van der Waals surface area contributed by atoms with Crippen molar-refractivity contribution >= 4 is 29.7 Å². The third kappa shape index (κ3) is 4.47. The number of nitrogens with two attached hydrogens (primary N) is 1. The van der Waals surface area contributed by atoms with Gasteiger partial charge >= 0.3 is 0 Å². The second-order valence-electron chi connectivity index (χ2n) is 5.75. The van der Waals surface area contributed by atoms with Gasteiger partial charge in [0, 0.05) is 11.3 Å². The molecule has 5 heteroatoms. The van der Waals surface area contributed by atoms with Crippen LogP contribution in [0.1, 0.15) is 56.4 Å². The number of amides is 1. The molecule has 1 aliphatic rings. The van der Waals surface area contributed by atoms with Gasteiger partial charge in [0.1, 0.15) is 0 Å². The van der Waals surface area contributed by atoms with Crippen LogP contribution in [-0.4, -0.2) is 12.5 Å². The molecule has 1 unspecified atom stereocenters. The summed E-state index contributed by atoms with van der Waals surface area (Å²) in [6.07, 6.45) is 6.50. The molecule has 20 heavy (non-hydrogen) atoms. The Balaban J connectivity index is 0.00000200. The third-order valence-electron chi connectivity index (χ3n) is 4.23. The molecule has 114 valence electrons.